The molecule has 150 valence electrons. The molecule has 2 atom stereocenters. The van der Waals surface area contributed by atoms with E-state index in [0.29, 0.717) is 5.69 Å². The number of carbonyl (C=O) groups is 2. The molecule has 2 amide bonds. The number of hydrogen-bond donors (Lipinski definition) is 2. The monoisotopic (exact) mass is 382 g/mol. The van der Waals surface area contributed by atoms with Gasteiger partial charge in [0.15, 0.2) is 0 Å². The van der Waals surface area contributed by atoms with Crippen LogP contribution in [0.3, 0.4) is 0 Å². The maximum atomic E-state index is 12.5. The molecule has 0 aliphatic heterocycles. The second kappa shape index (κ2) is 9.51. The highest BCUT2D eigenvalue weighted by Crippen LogP contribution is 2.29. The molecule has 0 fully saturated rings. The molecule has 0 aliphatic rings. The van der Waals surface area contributed by atoms with E-state index in [1.807, 2.05) is 55.5 Å². The number of nitrogens with one attached hydrogen (secondary N) is 2. The van der Waals surface area contributed by atoms with E-state index in [2.05, 4.69) is 31.4 Å². The summed E-state index contributed by atoms with van der Waals surface area (Å²) in [5.41, 5.74) is 2.47. The van der Waals surface area contributed by atoms with Gasteiger partial charge in [0.05, 0.1) is 12.1 Å². The highest BCUT2D eigenvalue weighted by molar-refractivity contribution is 6.39. The van der Waals surface area contributed by atoms with Crippen LogP contribution in [0, 0.1) is 5.41 Å². The Balaban J connectivity index is 2.09. The summed E-state index contributed by atoms with van der Waals surface area (Å²) in [6.07, 6.45) is 0.622. The van der Waals surface area contributed by atoms with Crippen LogP contribution >= 0.6 is 0 Å². The molecule has 0 saturated heterocycles. The van der Waals surface area contributed by atoms with Gasteiger partial charge < -0.3 is 15.4 Å². The third-order valence-corrected chi connectivity index (χ3v) is 4.50. The van der Waals surface area contributed by atoms with E-state index in [1.54, 1.807) is 13.2 Å². The Bertz CT molecular complexity index is 797. The lowest BCUT2D eigenvalue weighted by atomic mass is 9.85. The molecule has 2 rings (SSSR count). The smallest absolute Gasteiger partial charge is 0.313 e. The molecule has 2 N–H and O–H groups in total. The van der Waals surface area contributed by atoms with Crippen molar-refractivity contribution in [2.45, 2.75) is 46.3 Å². The number of amides is 2. The Morgan fingerprint density at radius 2 is 1.61 bits per heavy atom. The number of anilines is 1. The van der Waals surface area contributed by atoms with E-state index in [1.165, 1.54) is 0 Å². The van der Waals surface area contributed by atoms with Crippen molar-refractivity contribution in [3.8, 4) is 0 Å². The van der Waals surface area contributed by atoms with Crippen LogP contribution in [-0.4, -0.2) is 18.9 Å². The number of benzene rings is 2. The Labute approximate surface area is 167 Å². The summed E-state index contributed by atoms with van der Waals surface area (Å²) in [6, 6.07) is 16.8. The SMILES string of the molecule is CO[C@@H](C)c1cccc(NC(=O)C(=O)N[C@H](CC(C)(C)C)c2ccccc2)c1. The highest BCUT2D eigenvalue weighted by atomic mass is 16.5. The maximum absolute atomic E-state index is 12.5. The van der Waals surface area contributed by atoms with E-state index in [4.69, 9.17) is 4.74 Å². The molecular formula is C23H30N2O3. The third-order valence-electron chi connectivity index (χ3n) is 4.50. The van der Waals surface area contributed by atoms with Crippen molar-refractivity contribution in [2.75, 3.05) is 12.4 Å². The van der Waals surface area contributed by atoms with E-state index in [-0.39, 0.29) is 17.6 Å². The fourth-order valence-corrected chi connectivity index (χ4v) is 2.97. The van der Waals surface area contributed by atoms with Crippen LogP contribution in [0.1, 0.15) is 57.4 Å². The second-order valence-corrected chi connectivity index (χ2v) is 8.16. The molecule has 2 aromatic rings. The molecule has 0 radical (unpaired) electrons. The van der Waals surface area contributed by atoms with Crippen LogP contribution in [0.25, 0.3) is 0 Å². The first-order valence-electron chi connectivity index (χ1n) is 9.49. The maximum Gasteiger partial charge on any atom is 0.313 e. The molecule has 5 heteroatoms. The molecule has 5 nitrogen and oxygen atoms in total. The number of carbonyl (C=O) groups excluding carboxylic acids is 2. The minimum absolute atomic E-state index is 0.00507. The molecule has 0 bridgehead atoms. The normalized spacial score (nSPS) is 13.5. The first-order chi connectivity index (χ1) is 13.2. The van der Waals surface area contributed by atoms with Crippen molar-refractivity contribution in [3.05, 3.63) is 65.7 Å². The van der Waals surface area contributed by atoms with Crippen LogP contribution < -0.4 is 10.6 Å². The summed E-state index contributed by atoms with van der Waals surface area (Å²) >= 11 is 0. The van der Waals surface area contributed by atoms with Gasteiger partial charge in [-0.25, -0.2) is 0 Å². The summed E-state index contributed by atoms with van der Waals surface area (Å²) < 4.78 is 5.30. The lowest BCUT2D eigenvalue weighted by Crippen LogP contribution is -2.39. The predicted octanol–water partition coefficient (Wildman–Crippen LogP) is 4.63. The van der Waals surface area contributed by atoms with Crippen LogP contribution in [0.5, 0.6) is 0 Å². The number of ether oxygens (including phenoxy) is 1. The Morgan fingerprint density at radius 3 is 2.21 bits per heavy atom. The summed E-state index contributed by atoms with van der Waals surface area (Å²) in [7, 11) is 1.63. The van der Waals surface area contributed by atoms with Gasteiger partial charge in [0.1, 0.15) is 0 Å². The molecule has 28 heavy (non-hydrogen) atoms. The molecule has 0 heterocycles. The zero-order chi connectivity index (χ0) is 20.7. The van der Waals surface area contributed by atoms with E-state index >= 15 is 0 Å². The minimum Gasteiger partial charge on any atom is -0.377 e. The van der Waals surface area contributed by atoms with E-state index in [9.17, 15) is 9.59 Å². The van der Waals surface area contributed by atoms with Gasteiger partial charge in [-0.2, -0.15) is 0 Å². The van der Waals surface area contributed by atoms with Crippen molar-refractivity contribution in [1.82, 2.24) is 5.32 Å². The Hall–Kier alpha value is -2.66. The van der Waals surface area contributed by atoms with Gasteiger partial charge in [-0.05, 0) is 42.0 Å². The van der Waals surface area contributed by atoms with Gasteiger partial charge in [0.25, 0.3) is 0 Å². The molecule has 0 spiro atoms. The van der Waals surface area contributed by atoms with Crippen LogP contribution in [-0.2, 0) is 14.3 Å². The molecule has 0 unspecified atom stereocenters. The lowest BCUT2D eigenvalue weighted by molar-refractivity contribution is -0.136. The van der Waals surface area contributed by atoms with Crippen molar-refractivity contribution >= 4 is 17.5 Å². The van der Waals surface area contributed by atoms with Crippen LogP contribution in [0.2, 0.25) is 0 Å². The van der Waals surface area contributed by atoms with Crippen molar-refractivity contribution in [3.63, 3.8) is 0 Å². The topological polar surface area (TPSA) is 67.4 Å². The largest absolute Gasteiger partial charge is 0.377 e. The number of hydrogen-bond acceptors (Lipinski definition) is 3. The Morgan fingerprint density at radius 1 is 0.964 bits per heavy atom. The number of rotatable bonds is 6. The van der Waals surface area contributed by atoms with Gasteiger partial charge in [0, 0.05) is 12.8 Å². The minimum atomic E-state index is -0.683. The first kappa shape index (κ1) is 21.6. The lowest BCUT2D eigenvalue weighted by Gasteiger charge is -2.27. The van der Waals surface area contributed by atoms with Gasteiger partial charge in [-0.3, -0.25) is 9.59 Å². The fourth-order valence-electron chi connectivity index (χ4n) is 2.97. The summed E-state index contributed by atoms with van der Waals surface area (Å²) in [5.74, 6) is -1.33. The van der Waals surface area contributed by atoms with Crippen molar-refractivity contribution in [2.24, 2.45) is 5.41 Å². The molecule has 0 aliphatic carbocycles. The third kappa shape index (κ3) is 6.50. The molecular weight excluding hydrogens is 352 g/mol. The number of methoxy groups -OCH3 is 1. The quantitative estimate of drug-likeness (QED) is 0.716. The first-order valence-corrected chi connectivity index (χ1v) is 9.49. The van der Waals surface area contributed by atoms with Crippen molar-refractivity contribution in [1.29, 1.82) is 0 Å². The van der Waals surface area contributed by atoms with Crippen LogP contribution in [0.4, 0.5) is 5.69 Å². The van der Waals surface area contributed by atoms with Crippen molar-refractivity contribution < 1.29 is 14.3 Å². The zero-order valence-electron chi connectivity index (χ0n) is 17.3. The van der Waals surface area contributed by atoms with Gasteiger partial charge in [0.2, 0.25) is 0 Å². The fraction of sp³-hybridized carbons (Fsp3) is 0.391. The van der Waals surface area contributed by atoms with E-state index < -0.39 is 11.8 Å². The highest BCUT2D eigenvalue weighted by Gasteiger charge is 2.24. The van der Waals surface area contributed by atoms with Gasteiger partial charge in [-0.15, -0.1) is 0 Å². The summed E-state index contributed by atoms with van der Waals surface area (Å²) in [4.78, 5) is 25.0. The summed E-state index contributed by atoms with van der Waals surface area (Å²) in [6.45, 7) is 8.25. The predicted molar refractivity (Wildman–Crippen MR) is 112 cm³/mol. The summed E-state index contributed by atoms with van der Waals surface area (Å²) in [5, 5.41) is 5.56. The average molecular weight is 383 g/mol. The van der Waals surface area contributed by atoms with Crippen LogP contribution in [0.15, 0.2) is 54.6 Å². The van der Waals surface area contributed by atoms with Gasteiger partial charge >= 0.3 is 11.8 Å². The Kier molecular flexibility index (Phi) is 7.35. The molecule has 0 aromatic heterocycles. The van der Waals surface area contributed by atoms with E-state index in [0.717, 1.165) is 17.5 Å². The molecule has 2 aromatic carbocycles. The zero-order valence-corrected chi connectivity index (χ0v) is 17.3. The molecule has 0 saturated carbocycles. The average Bonchev–Trinajstić information content (AvgIpc) is 2.66. The van der Waals surface area contributed by atoms with Gasteiger partial charge in [-0.1, -0.05) is 63.2 Å². The second-order valence-electron chi connectivity index (χ2n) is 8.16. The standard InChI is InChI=1S/C23H30N2O3/c1-16(28-5)18-12-9-13-19(14-18)24-21(26)22(27)25-20(15-23(2,3)4)17-10-7-6-8-11-17/h6-14,16,20H,15H2,1-5H3,(H,24,26)(H,25,27)/t16-,20+/m0/s1.